The Kier molecular flexibility index (Phi) is 4.77. The van der Waals surface area contributed by atoms with E-state index in [1.54, 1.807) is 0 Å². The first kappa shape index (κ1) is 15.1. The summed E-state index contributed by atoms with van der Waals surface area (Å²) in [6.07, 6.45) is 10.2. The SMILES string of the molecule is Cc1ccc(-c2ccc(C=CC3CCC(C)CC3)cc2)cc1. The van der Waals surface area contributed by atoms with Gasteiger partial charge in [-0.2, -0.15) is 0 Å². The van der Waals surface area contributed by atoms with Gasteiger partial charge in [-0.1, -0.05) is 86.0 Å². The molecular weight excluding hydrogens is 264 g/mol. The molecule has 0 bridgehead atoms. The molecule has 114 valence electrons. The molecular formula is C22H26. The molecule has 0 unspecified atom stereocenters. The molecule has 0 nitrogen and oxygen atoms in total. The quantitative estimate of drug-likeness (QED) is 0.605. The van der Waals surface area contributed by atoms with E-state index >= 15 is 0 Å². The van der Waals surface area contributed by atoms with Gasteiger partial charge in [0.05, 0.1) is 0 Å². The molecule has 3 rings (SSSR count). The maximum atomic E-state index is 2.42. The van der Waals surface area contributed by atoms with Crippen molar-refractivity contribution in [1.29, 1.82) is 0 Å². The lowest BCUT2D eigenvalue weighted by Crippen LogP contribution is -2.09. The highest BCUT2D eigenvalue weighted by molar-refractivity contribution is 5.65. The van der Waals surface area contributed by atoms with Gasteiger partial charge in [-0.25, -0.2) is 0 Å². The van der Waals surface area contributed by atoms with Crippen molar-refractivity contribution in [2.45, 2.75) is 39.5 Å². The second kappa shape index (κ2) is 6.96. The van der Waals surface area contributed by atoms with Crippen molar-refractivity contribution >= 4 is 6.08 Å². The number of aryl methyl sites for hydroxylation is 1. The summed E-state index contributed by atoms with van der Waals surface area (Å²) in [5.74, 6) is 1.71. The Labute approximate surface area is 134 Å². The first-order valence-corrected chi connectivity index (χ1v) is 8.56. The fourth-order valence-corrected chi connectivity index (χ4v) is 3.26. The maximum Gasteiger partial charge on any atom is -0.0184 e. The van der Waals surface area contributed by atoms with E-state index in [9.17, 15) is 0 Å². The molecule has 0 aliphatic heterocycles. The highest BCUT2D eigenvalue weighted by Gasteiger charge is 2.15. The van der Waals surface area contributed by atoms with Crippen LogP contribution in [0.25, 0.3) is 17.2 Å². The zero-order valence-electron chi connectivity index (χ0n) is 13.8. The molecule has 0 saturated heterocycles. The van der Waals surface area contributed by atoms with Crippen molar-refractivity contribution in [2.75, 3.05) is 0 Å². The predicted molar refractivity (Wildman–Crippen MR) is 96.8 cm³/mol. The van der Waals surface area contributed by atoms with Crippen molar-refractivity contribution < 1.29 is 0 Å². The lowest BCUT2D eigenvalue weighted by molar-refractivity contribution is 0.331. The smallest absolute Gasteiger partial charge is 0.0184 e. The monoisotopic (exact) mass is 290 g/mol. The first-order chi connectivity index (χ1) is 10.7. The molecule has 0 N–H and O–H groups in total. The highest BCUT2D eigenvalue weighted by atomic mass is 14.2. The van der Waals surface area contributed by atoms with Crippen LogP contribution in [0.15, 0.2) is 54.6 Å². The van der Waals surface area contributed by atoms with Crippen molar-refractivity contribution in [1.82, 2.24) is 0 Å². The van der Waals surface area contributed by atoms with Crippen LogP contribution in [-0.4, -0.2) is 0 Å². The minimum atomic E-state index is 0.785. The topological polar surface area (TPSA) is 0 Å². The second-order valence-corrected chi connectivity index (χ2v) is 6.87. The highest BCUT2D eigenvalue weighted by Crippen LogP contribution is 2.29. The Morgan fingerprint density at radius 1 is 0.773 bits per heavy atom. The van der Waals surface area contributed by atoms with Gasteiger partial charge in [0, 0.05) is 0 Å². The third-order valence-corrected chi connectivity index (χ3v) is 4.92. The van der Waals surface area contributed by atoms with Gasteiger partial charge in [-0.15, -0.1) is 0 Å². The molecule has 1 aliphatic rings. The van der Waals surface area contributed by atoms with Crippen LogP contribution in [0.3, 0.4) is 0 Å². The molecule has 2 aromatic rings. The van der Waals surface area contributed by atoms with E-state index in [1.807, 2.05) is 0 Å². The summed E-state index contributed by atoms with van der Waals surface area (Å²) in [4.78, 5) is 0. The number of rotatable bonds is 3. The fraction of sp³-hybridized carbons (Fsp3) is 0.364. The zero-order chi connectivity index (χ0) is 15.4. The van der Waals surface area contributed by atoms with Gasteiger partial charge in [0.15, 0.2) is 0 Å². The predicted octanol–water partition coefficient (Wildman–Crippen LogP) is 6.50. The third kappa shape index (κ3) is 3.88. The lowest BCUT2D eigenvalue weighted by atomic mass is 9.83. The summed E-state index contributed by atoms with van der Waals surface area (Å²) >= 11 is 0. The van der Waals surface area contributed by atoms with Gasteiger partial charge in [-0.05, 0) is 48.3 Å². The normalized spacial score (nSPS) is 22.1. The van der Waals surface area contributed by atoms with Crippen LogP contribution in [-0.2, 0) is 0 Å². The largest absolute Gasteiger partial charge is 0.0808 e. The summed E-state index contributed by atoms with van der Waals surface area (Å²) in [5.41, 5.74) is 5.21. The zero-order valence-corrected chi connectivity index (χ0v) is 13.8. The Hall–Kier alpha value is -1.82. The Morgan fingerprint density at radius 2 is 1.32 bits per heavy atom. The Bertz CT molecular complexity index is 608. The van der Waals surface area contributed by atoms with Crippen LogP contribution in [0.1, 0.15) is 43.7 Å². The summed E-state index contributed by atoms with van der Waals surface area (Å²) in [5, 5.41) is 0. The Balaban J connectivity index is 1.65. The van der Waals surface area contributed by atoms with E-state index in [-0.39, 0.29) is 0 Å². The van der Waals surface area contributed by atoms with Gasteiger partial charge in [0.25, 0.3) is 0 Å². The van der Waals surface area contributed by atoms with Crippen LogP contribution in [0, 0.1) is 18.8 Å². The molecule has 1 aliphatic carbocycles. The molecule has 2 aromatic carbocycles. The number of hydrogen-bond donors (Lipinski definition) is 0. The van der Waals surface area contributed by atoms with Crippen LogP contribution in [0.2, 0.25) is 0 Å². The molecule has 0 heterocycles. The third-order valence-electron chi connectivity index (χ3n) is 4.92. The van der Waals surface area contributed by atoms with Crippen LogP contribution < -0.4 is 0 Å². The average Bonchev–Trinajstić information content (AvgIpc) is 2.56. The molecule has 0 heteroatoms. The van der Waals surface area contributed by atoms with Gasteiger partial charge in [-0.3, -0.25) is 0 Å². The minimum absolute atomic E-state index is 0.785. The van der Waals surface area contributed by atoms with Gasteiger partial charge < -0.3 is 0 Å². The molecule has 0 radical (unpaired) electrons. The molecule has 0 atom stereocenters. The van der Waals surface area contributed by atoms with Gasteiger partial charge in [0.1, 0.15) is 0 Å². The van der Waals surface area contributed by atoms with E-state index < -0.39 is 0 Å². The van der Waals surface area contributed by atoms with Crippen molar-refractivity contribution in [3.8, 4) is 11.1 Å². The van der Waals surface area contributed by atoms with E-state index in [1.165, 1.54) is 47.9 Å². The molecule has 1 fully saturated rings. The summed E-state index contributed by atoms with van der Waals surface area (Å²) in [6, 6.07) is 17.7. The van der Waals surface area contributed by atoms with Gasteiger partial charge in [0.2, 0.25) is 0 Å². The second-order valence-electron chi connectivity index (χ2n) is 6.87. The van der Waals surface area contributed by atoms with Crippen molar-refractivity contribution in [2.24, 2.45) is 11.8 Å². The summed E-state index contributed by atoms with van der Waals surface area (Å²) < 4.78 is 0. The molecule has 0 aromatic heterocycles. The first-order valence-electron chi connectivity index (χ1n) is 8.56. The standard InChI is InChI=1S/C22H26/c1-17-3-7-19(8-4-17)9-10-20-11-15-22(16-12-20)21-13-5-18(2)6-14-21/h5-6,9-17,19H,3-4,7-8H2,1-2H3. The van der Waals surface area contributed by atoms with Crippen molar-refractivity contribution in [3.05, 3.63) is 65.7 Å². The average molecular weight is 290 g/mol. The fourth-order valence-electron chi connectivity index (χ4n) is 3.26. The number of allylic oxidation sites excluding steroid dienone is 1. The minimum Gasteiger partial charge on any atom is -0.0808 e. The Morgan fingerprint density at radius 3 is 1.91 bits per heavy atom. The molecule has 22 heavy (non-hydrogen) atoms. The van der Waals surface area contributed by atoms with Crippen LogP contribution >= 0.6 is 0 Å². The number of hydrogen-bond acceptors (Lipinski definition) is 0. The van der Waals surface area contributed by atoms with E-state index in [0.29, 0.717) is 0 Å². The van der Waals surface area contributed by atoms with E-state index in [0.717, 1.165) is 11.8 Å². The van der Waals surface area contributed by atoms with Crippen LogP contribution in [0.5, 0.6) is 0 Å². The lowest BCUT2D eigenvalue weighted by Gasteiger charge is -2.23. The molecule has 0 amide bonds. The van der Waals surface area contributed by atoms with Crippen LogP contribution in [0.4, 0.5) is 0 Å². The maximum absolute atomic E-state index is 2.42. The number of benzene rings is 2. The molecule has 0 spiro atoms. The van der Waals surface area contributed by atoms with Crippen molar-refractivity contribution in [3.63, 3.8) is 0 Å². The van der Waals surface area contributed by atoms with E-state index in [2.05, 4.69) is 74.5 Å². The molecule has 1 saturated carbocycles. The summed E-state index contributed by atoms with van der Waals surface area (Å²) in [7, 11) is 0. The summed E-state index contributed by atoms with van der Waals surface area (Å²) in [6.45, 7) is 4.51. The van der Waals surface area contributed by atoms with Gasteiger partial charge >= 0.3 is 0 Å². The van der Waals surface area contributed by atoms with E-state index in [4.69, 9.17) is 0 Å².